The Morgan fingerprint density at radius 3 is 2.35 bits per heavy atom. The summed E-state index contributed by atoms with van der Waals surface area (Å²) in [5.41, 5.74) is 1.16. The molecule has 0 spiro atoms. The molecule has 2 saturated heterocycles. The first-order chi connectivity index (χ1) is 11.1. The lowest BCUT2D eigenvalue weighted by Gasteiger charge is -2.51. The fourth-order valence-electron chi connectivity index (χ4n) is 5.09. The van der Waals surface area contributed by atoms with E-state index in [9.17, 15) is 9.59 Å². The summed E-state index contributed by atoms with van der Waals surface area (Å²) in [5.74, 6) is 0.263. The molecule has 3 heterocycles. The van der Waals surface area contributed by atoms with Crippen molar-refractivity contribution in [1.82, 2.24) is 4.90 Å². The van der Waals surface area contributed by atoms with Gasteiger partial charge in [-0.05, 0) is 37.8 Å². The monoisotopic (exact) mass is 313 g/mol. The number of fused-ring (bicyclic) bond motifs is 2. The van der Waals surface area contributed by atoms with E-state index in [2.05, 4.69) is 7.05 Å². The van der Waals surface area contributed by atoms with E-state index in [1.807, 2.05) is 12.1 Å². The van der Waals surface area contributed by atoms with Crippen LogP contribution in [-0.2, 0) is 0 Å². The second kappa shape index (κ2) is 5.45. The minimum atomic E-state index is -0.0961. The van der Waals surface area contributed by atoms with Gasteiger partial charge in [0.1, 0.15) is 0 Å². The standard InChI is InChI=1S/C19H25N2O2/c1-21-11-5-4-10-17(21)14(7-6-12-21)13-20-18(22)15-8-2-3-9-16(15)19(20)23/h2-3,8-9,14,17H,4-7,10-13H2,1H3/q+1/t14-,17-,21?/m0/s1. The van der Waals surface area contributed by atoms with Crippen LogP contribution >= 0.6 is 0 Å². The molecule has 4 rings (SSSR count). The molecule has 1 aromatic rings. The number of nitrogens with zero attached hydrogens (tertiary/aromatic N) is 2. The van der Waals surface area contributed by atoms with Crippen molar-refractivity contribution >= 4 is 11.8 Å². The van der Waals surface area contributed by atoms with E-state index in [1.54, 1.807) is 12.1 Å². The molecule has 3 aliphatic heterocycles. The number of imide groups is 1. The number of amides is 2. The van der Waals surface area contributed by atoms with E-state index in [0.29, 0.717) is 29.6 Å². The van der Waals surface area contributed by atoms with Crippen LogP contribution in [0.2, 0.25) is 0 Å². The Labute approximate surface area is 137 Å². The van der Waals surface area contributed by atoms with Gasteiger partial charge in [-0.15, -0.1) is 0 Å². The van der Waals surface area contributed by atoms with Crippen molar-refractivity contribution in [2.75, 3.05) is 26.7 Å². The van der Waals surface area contributed by atoms with Crippen LogP contribution in [-0.4, -0.2) is 53.9 Å². The van der Waals surface area contributed by atoms with Gasteiger partial charge in [0, 0.05) is 18.9 Å². The molecule has 0 radical (unpaired) electrons. The molecule has 122 valence electrons. The number of carbonyl (C=O) groups excluding carboxylic acids is 2. The Balaban J connectivity index is 1.57. The van der Waals surface area contributed by atoms with E-state index in [1.165, 1.54) is 43.7 Å². The minimum absolute atomic E-state index is 0.0961. The van der Waals surface area contributed by atoms with Gasteiger partial charge in [-0.3, -0.25) is 14.5 Å². The van der Waals surface area contributed by atoms with Gasteiger partial charge in [-0.2, -0.15) is 0 Å². The van der Waals surface area contributed by atoms with Gasteiger partial charge in [-0.1, -0.05) is 12.1 Å². The van der Waals surface area contributed by atoms with Gasteiger partial charge in [-0.25, -0.2) is 0 Å². The summed E-state index contributed by atoms with van der Waals surface area (Å²) in [6.45, 7) is 3.11. The largest absolute Gasteiger partial charge is 0.323 e. The maximum Gasteiger partial charge on any atom is 0.261 e. The Morgan fingerprint density at radius 2 is 1.65 bits per heavy atom. The fraction of sp³-hybridized carbons (Fsp3) is 0.579. The van der Waals surface area contributed by atoms with E-state index < -0.39 is 0 Å². The third kappa shape index (κ3) is 2.31. The number of piperidine rings is 2. The van der Waals surface area contributed by atoms with Crippen molar-refractivity contribution < 1.29 is 14.1 Å². The molecule has 0 N–H and O–H groups in total. The molecular weight excluding hydrogens is 288 g/mol. The molecule has 4 heteroatoms. The van der Waals surface area contributed by atoms with Crippen LogP contribution in [0.1, 0.15) is 52.8 Å². The molecule has 0 bridgehead atoms. The van der Waals surface area contributed by atoms with Crippen LogP contribution in [0.25, 0.3) is 0 Å². The zero-order chi connectivity index (χ0) is 16.0. The summed E-state index contributed by atoms with van der Waals surface area (Å²) in [6, 6.07) is 7.84. The first-order valence-corrected chi connectivity index (χ1v) is 8.89. The van der Waals surface area contributed by atoms with Crippen molar-refractivity contribution in [3.05, 3.63) is 35.4 Å². The van der Waals surface area contributed by atoms with E-state index >= 15 is 0 Å². The van der Waals surface area contributed by atoms with Crippen LogP contribution in [0.4, 0.5) is 0 Å². The van der Waals surface area contributed by atoms with Crippen LogP contribution < -0.4 is 0 Å². The molecule has 1 unspecified atom stereocenters. The number of benzene rings is 1. The molecule has 3 aliphatic rings. The summed E-state index contributed by atoms with van der Waals surface area (Å²) >= 11 is 0. The highest BCUT2D eigenvalue weighted by Crippen LogP contribution is 2.37. The highest BCUT2D eigenvalue weighted by molar-refractivity contribution is 6.21. The number of rotatable bonds is 2. The highest BCUT2D eigenvalue weighted by Gasteiger charge is 2.46. The van der Waals surface area contributed by atoms with Crippen LogP contribution in [0.3, 0.4) is 0 Å². The van der Waals surface area contributed by atoms with E-state index in [4.69, 9.17) is 0 Å². The van der Waals surface area contributed by atoms with Crippen molar-refractivity contribution in [2.45, 2.75) is 38.1 Å². The molecule has 1 aromatic carbocycles. The quantitative estimate of drug-likeness (QED) is 0.622. The number of hydrogen-bond acceptors (Lipinski definition) is 2. The van der Waals surface area contributed by atoms with Gasteiger partial charge >= 0.3 is 0 Å². The average Bonchev–Trinajstić information content (AvgIpc) is 2.80. The predicted molar refractivity (Wildman–Crippen MR) is 88.1 cm³/mol. The lowest BCUT2D eigenvalue weighted by molar-refractivity contribution is -0.947. The second-order valence-electron chi connectivity index (χ2n) is 7.66. The van der Waals surface area contributed by atoms with Crippen LogP contribution in [0.5, 0.6) is 0 Å². The fourth-order valence-corrected chi connectivity index (χ4v) is 5.09. The summed E-state index contributed by atoms with van der Waals surface area (Å²) in [7, 11) is 2.37. The van der Waals surface area contributed by atoms with Gasteiger partial charge in [0.25, 0.3) is 11.8 Å². The molecule has 2 amide bonds. The molecule has 4 nitrogen and oxygen atoms in total. The van der Waals surface area contributed by atoms with Crippen LogP contribution in [0, 0.1) is 5.92 Å². The highest BCUT2D eigenvalue weighted by atomic mass is 16.2. The number of carbonyl (C=O) groups is 2. The van der Waals surface area contributed by atoms with E-state index in [-0.39, 0.29) is 11.8 Å². The number of hydrogen-bond donors (Lipinski definition) is 0. The molecule has 23 heavy (non-hydrogen) atoms. The van der Waals surface area contributed by atoms with Gasteiger partial charge in [0.15, 0.2) is 0 Å². The zero-order valence-corrected chi connectivity index (χ0v) is 13.8. The Hall–Kier alpha value is -1.68. The third-order valence-electron chi connectivity index (χ3n) is 6.30. The summed E-state index contributed by atoms with van der Waals surface area (Å²) < 4.78 is 1.15. The summed E-state index contributed by atoms with van der Waals surface area (Å²) in [4.78, 5) is 26.8. The molecule has 2 fully saturated rings. The lowest BCUT2D eigenvalue weighted by Crippen LogP contribution is -2.62. The maximum absolute atomic E-state index is 12.6. The van der Waals surface area contributed by atoms with E-state index in [0.717, 1.165) is 10.9 Å². The Bertz CT molecular complexity index is 618. The minimum Gasteiger partial charge on any atom is -0.323 e. The smallest absolute Gasteiger partial charge is 0.261 e. The Kier molecular flexibility index (Phi) is 3.52. The average molecular weight is 313 g/mol. The van der Waals surface area contributed by atoms with Crippen molar-refractivity contribution in [3.8, 4) is 0 Å². The van der Waals surface area contributed by atoms with Crippen molar-refractivity contribution in [3.63, 3.8) is 0 Å². The van der Waals surface area contributed by atoms with Crippen LogP contribution in [0.15, 0.2) is 24.3 Å². The second-order valence-corrected chi connectivity index (χ2v) is 7.66. The van der Waals surface area contributed by atoms with Gasteiger partial charge < -0.3 is 4.48 Å². The molecule has 0 aromatic heterocycles. The summed E-state index contributed by atoms with van der Waals surface area (Å²) in [5, 5.41) is 0. The third-order valence-corrected chi connectivity index (χ3v) is 6.30. The lowest BCUT2D eigenvalue weighted by atomic mass is 9.81. The zero-order valence-electron chi connectivity index (χ0n) is 13.8. The first kappa shape index (κ1) is 14.9. The topological polar surface area (TPSA) is 37.4 Å². The normalized spacial score (nSPS) is 33.5. The SMILES string of the molecule is C[N+]12CCCC[C@H]1[C@H](CN1C(=O)c3ccccc3C1=O)CCC2. The predicted octanol–water partition coefficient (Wildman–Crippen LogP) is 2.69. The number of quaternary nitrogens is 1. The van der Waals surface area contributed by atoms with Crippen molar-refractivity contribution in [1.29, 1.82) is 0 Å². The maximum atomic E-state index is 12.6. The van der Waals surface area contributed by atoms with Crippen molar-refractivity contribution in [2.24, 2.45) is 5.92 Å². The van der Waals surface area contributed by atoms with Gasteiger partial charge in [0.05, 0.1) is 37.3 Å². The molecular formula is C19H25N2O2+. The first-order valence-electron chi connectivity index (χ1n) is 8.89. The molecule has 0 saturated carbocycles. The molecule has 3 atom stereocenters. The molecule has 0 aliphatic carbocycles. The van der Waals surface area contributed by atoms with Gasteiger partial charge in [0.2, 0.25) is 0 Å². The Morgan fingerprint density at radius 1 is 1.00 bits per heavy atom. The summed E-state index contributed by atoms with van der Waals surface area (Å²) in [6.07, 6.45) is 6.20.